The fraction of sp³-hybridized carbons (Fsp3) is 0.833. The van der Waals surface area contributed by atoms with E-state index in [9.17, 15) is 10.2 Å². The normalized spacial score (nSPS) is 42.9. The first-order chi connectivity index (χ1) is 6.57. The molecular formula is C12H20O2. The SMILES string of the molecule is CC1=C(CO)C[C@@]2(C)CCC(O)C[C@H]12. The van der Waals surface area contributed by atoms with Crippen molar-refractivity contribution in [1.82, 2.24) is 0 Å². The Hall–Kier alpha value is -0.340. The lowest BCUT2D eigenvalue weighted by Gasteiger charge is -2.39. The predicted octanol–water partition coefficient (Wildman–Crippen LogP) is 1.87. The second-order valence-corrected chi connectivity index (χ2v) is 5.26. The maximum Gasteiger partial charge on any atom is 0.0644 e. The fourth-order valence-corrected chi connectivity index (χ4v) is 3.31. The molecule has 0 aromatic carbocycles. The van der Waals surface area contributed by atoms with E-state index in [0.717, 1.165) is 25.7 Å². The Kier molecular flexibility index (Phi) is 2.44. The number of hydrogen-bond acceptors (Lipinski definition) is 2. The Balaban J connectivity index is 2.24. The van der Waals surface area contributed by atoms with Crippen LogP contribution in [0.5, 0.6) is 0 Å². The van der Waals surface area contributed by atoms with Crippen molar-refractivity contribution in [3.63, 3.8) is 0 Å². The fourth-order valence-electron chi connectivity index (χ4n) is 3.31. The molecule has 3 atom stereocenters. The average Bonchev–Trinajstić information content (AvgIpc) is 2.41. The Labute approximate surface area is 85.6 Å². The Morgan fingerprint density at radius 3 is 2.86 bits per heavy atom. The molecule has 0 aliphatic heterocycles. The minimum Gasteiger partial charge on any atom is -0.393 e. The molecule has 1 unspecified atom stereocenters. The third-order valence-electron chi connectivity index (χ3n) is 4.29. The van der Waals surface area contributed by atoms with Crippen LogP contribution < -0.4 is 0 Å². The van der Waals surface area contributed by atoms with Gasteiger partial charge >= 0.3 is 0 Å². The molecule has 1 fully saturated rings. The smallest absolute Gasteiger partial charge is 0.0644 e. The molecule has 0 amide bonds. The molecule has 14 heavy (non-hydrogen) atoms. The van der Waals surface area contributed by atoms with Crippen molar-refractivity contribution in [2.45, 2.75) is 45.6 Å². The molecule has 0 saturated heterocycles. The highest BCUT2D eigenvalue weighted by Gasteiger charge is 2.45. The maximum atomic E-state index is 9.66. The first kappa shape index (κ1) is 10.2. The highest BCUT2D eigenvalue weighted by atomic mass is 16.3. The van der Waals surface area contributed by atoms with Crippen LogP contribution in [0.4, 0.5) is 0 Å². The van der Waals surface area contributed by atoms with Crippen LogP contribution in [0.2, 0.25) is 0 Å². The van der Waals surface area contributed by atoms with Crippen LogP contribution in [0.25, 0.3) is 0 Å². The van der Waals surface area contributed by atoms with Crippen LogP contribution in [0.3, 0.4) is 0 Å². The summed E-state index contributed by atoms with van der Waals surface area (Å²) in [6.45, 7) is 4.63. The summed E-state index contributed by atoms with van der Waals surface area (Å²) in [5.74, 6) is 0.508. The number of fused-ring (bicyclic) bond motifs is 1. The van der Waals surface area contributed by atoms with E-state index >= 15 is 0 Å². The van der Waals surface area contributed by atoms with Gasteiger partial charge in [0.1, 0.15) is 0 Å². The van der Waals surface area contributed by atoms with Gasteiger partial charge in [-0.1, -0.05) is 12.5 Å². The molecule has 2 heteroatoms. The molecule has 0 spiro atoms. The molecule has 2 nitrogen and oxygen atoms in total. The minimum atomic E-state index is -0.124. The van der Waals surface area contributed by atoms with Gasteiger partial charge in [-0.2, -0.15) is 0 Å². The lowest BCUT2D eigenvalue weighted by molar-refractivity contribution is 0.0429. The topological polar surface area (TPSA) is 40.5 Å². The molecular weight excluding hydrogens is 176 g/mol. The van der Waals surface area contributed by atoms with Gasteiger partial charge in [-0.3, -0.25) is 0 Å². The van der Waals surface area contributed by atoms with E-state index in [1.165, 1.54) is 11.1 Å². The van der Waals surface area contributed by atoms with Crippen LogP contribution in [0.15, 0.2) is 11.1 Å². The van der Waals surface area contributed by atoms with Crippen LogP contribution >= 0.6 is 0 Å². The minimum absolute atomic E-state index is 0.124. The quantitative estimate of drug-likeness (QED) is 0.628. The highest BCUT2D eigenvalue weighted by Crippen LogP contribution is 2.54. The summed E-state index contributed by atoms with van der Waals surface area (Å²) in [5, 5.41) is 18.9. The van der Waals surface area contributed by atoms with Crippen LogP contribution in [-0.2, 0) is 0 Å². The van der Waals surface area contributed by atoms with E-state index < -0.39 is 0 Å². The maximum absolute atomic E-state index is 9.66. The number of allylic oxidation sites excluding steroid dienone is 1. The van der Waals surface area contributed by atoms with E-state index in [2.05, 4.69) is 13.8 Å². The first-order valence-electron chi connectivity index (χ1n) is 5.54. The molecule has 0 bridgehead atoms. The number of hydrogen-bond donors (Lipinski definition) is 2. The molecule has 1 saturated carbocycles. The molecule has 2 rings (SSSR count). The summed E-state index contributed by atoms with van der Waals surface area (Å²) in [5.41, 5.74) is 2.88. The van der Waals surface area contributed by atoms with Crippen molar-refractivity contribution in [2.75, 3.05) is 6.61 Å². The first-order valence-corrected chi connectivity index (χ1v) is 5.54. The molecule has 2 aliphatic carbocycles. The highest BCUT2D eigenvalue weighted by molar-refractivity contribution is 5.27. The summed E-state index contributed by atoms with van der Waals surface area (Å²) in [4.78, 5) is 0. The largest absolute Gasteiger partial charge is 0.393 e. The predicted molar refractivity (Wildman–Crippen MR) is 55.9 cm³/mol. The van der Waals surface area contributed by atoms with Gasteiger partial charge in [0.25, 0.3) is 0 Å². The Morgan fingerprint density at radius 1 is 1.50 bits per heavy atom. The molecule has 2 N–H and O–H groups in total. The lowest BCUT2D eigenvalue weighted by atomic mass is 9.67. The van der Waals surface area contributed by atoms with Gasteiger partial charge in [-0.15, -0.1) is 0 Å². The zero-order valence-electron chi connectivity index (χ0n) is 9.08. The van der Waals surface area contributed by atoms with Crippen molar-refractivity contribution in [1.29, 1.82) is 0 Å². The van der Waals surface area contributed by atoms with Gasteiger partial charge in [-0.05, 0) is 49.5 Å². The summed E-state index contributed by atoms with van der Waals surface area (Å²) in [7, 11) is 0. The molecule has 2 aliphatic rings. The summed E-state index contributed by atoms with van der Waals surface area (Å²) < 4.78 is 0. The number of aliphatic hydroxyl groups is 2. The molecule has 0 aromatic heterocycles. The van der Waals surface area contributed by atoms with Crippen molar-refractivity contribution in [2.24, 2.45) is 11.3 Å². The van der Waals surface area contributed by atoms with Crippen molar-refractivity contribution < 1.29 is 10.2 Å². The molecule has 0 aromatic rings. The molecule has 0 heterocycles. The van der Waals surface area contributed by atoms with Crippen molar-refractivity contribution >= 4 is 0 Å². The number of aliphatic hydroxyl groups excluding tert-OH is 2. The van der Waals surface area contributed by atoms with Crippen molar-refractivity contribution in [3.8, 4) is 0 Å². The lowest BCUT2D eigenvalue weighted by Crippen LogP contribution is -2.33. The van der Waals surface area contributed by atoms with Gasteiger partial charge < -0.3 is 10.2 Å². The standard InChI is InChI=1S/C12H20O2/c1-8-9(7-13)6-12(2)4-3-10(14)5-11(8)12/h10-11,13-14H,3-7H2,1-2H3/t10?,11-,12-/m1/s1. The van der Waals surface area contributed by atoms with E-state index in [1.807, 2.05) is 0 Å². The third-order valence-corrected chi connectivity index (χ3v) is 4.29. The van der Waals surface area contributed by atoms with Crippen LogP contribution in [0, 0.1) is 11.3 Å². The summed E-state index contributed by atoms with van der Waals surface area (Å²) >= 11 is 0. The average molecular weight is 196 g/mol. The van der Waals surface area contributed by atoms with Gasteiger partial charge in [0, 0.05) is 0 Å². The van der Waals surface area contributed by atoms with Gasteiger partial charge in [0.2, 0.25) is 0 Å². The van der Waals surface area contributed by atoms with Crippen LogP contribution in [0.1, 0.15) is 39.5 Å². The molecule has 0 radical (unpaired) electrons. The Bertz CT molecular complexity index is 269. The van der Waals surface area contributed by atoms with E-state index in [1.54, 1.807) is 0 Å². The Morgan fingerprint density at radius 2 is 2.21 bits per heavy atom. The van der Waals surface area contributed by atoms with Gasteiger partial charge in [-0.25, -0.2) is 0 Å². The van der Waals surface area contributed by atoms with E-state index in [4.69, 9.17) is 0 Å². The molecule has 80 valence electrons. The third kappa shape index (κ3) is 1.41. The van der Waals surface area contributed by atoms with Crippen molar-refractivity contribution in [3.05, 3.63) is 11.1 Å². The number of rotatable bonds is 1. The second kappa shape index (κ2) is 3.35. The second-order valence-electron chi connectivity index (χ2n) is 5.26. The van der Waals surface area contributed by atoms with E-state index in [0.29, 0.717) is 11.3 Å². The zero-order valence-corrected chi connectivity index (χ0v) is 9.08. The summed E-state index contributed by atoms with van der Waals surface area (Å²) in [6, 6.07) is 0. The van der Waals surface area contributed by atoms with Crippen LogP contribution in [-0.4, -0.2) is 22.9 Å². The monoisotopic (exact) mass is 196 g/mol. The zero-order chi connectivity index (χ0) is 10.3. The van der Waals surface area contributed by atoms with Gasteiger partial charge in [0.05, 0.1) is 12.7 Å². The van der Waals surface area contributed by atoms with E-state index in [-0.39, 0.29) is 12.7 Å². The van der Waals surface area contributed by atoms with Gasteiger partial charge in [0.15, 0.2) is 0 Å². The summed E-state index contributed by atoms with van der Waals surface area (Å²) in [6.07, 6.45) is 3.83.